The van der Waals surface area contributed by atoms with Crippen molar-refractivity contribution in [1.82, 2.24) is 0 Å². The Bertz CT molecular complexity index is 204. The minimum absolute atomic E-state index is 0.0216. The van der Waals surface area contributed by atoms with Crippen LogP contribution in [0.15, 0.2) is 12.2 Å². The SMILES string of the molecule is CCOC(=O)C1CC=CC1(C)C. The van der Waals surface area contributed by atoms with Gasteiger partial charge in [-0.2, -0.15) is 0 Å². The Kier molecular flexibility index (Phi) is 2.55. The summed E-state index contributed by atoms with van der Waals surface area (Å²) in [6.45, 7) is 6.45. The van der Waals surface area contributed by atoms with E-state index in [0.29, 0.717) is 6.61 Å². The Morgan fingerprint density at radius 3 is 2.75 bits per heavy atom. The first kappa shape index (κ1) is 9.30. The number of allylic oxidation sites excluding steroid dienone is 2. The van der Waals surface area contributed by atoms with Gasteiger partial charge in [0.1, 0.15) is 0 Å². The molecule has 1 aliphatic rings. The van der Waals surface area contributed by atoms with E-state index in [1.54, 1.807) is 0 Å². The molecule has 0 fully saturated rings. The molecule has 0 N–H and O–H groups in total. The molecule has 0 bridgehead atoms. The van der Waals surface area contributed by atoms with Crippen LogP contribution < -0.4 is 0 Å². The zero-order chi connectivity index (χ0) is 9.19. The number of esters is 1. The van der Waals surface area contributed by atoms with Crippen LogP contribution in [0.4, 0.5) is 0 Å². The Balaban J connectivity index is 2.60. The van der Waals surface area contributed by atoms with Crippen molar-refractivity contribution in [2.24, 2.45) is 11.3 Å². The van der Waals surface area contributed by atoms with Crippen LogP contribution in [0.5, 0.6) is 0 Å². The van der Waals surface area contributed by atoms with E-state index >= 15 is 0 Å². The summed E-state index contributed by atoms with van der Waals surface area (Å²) in [5.74, 6) is -0.0371. The van der Waals surface area contributed by atoms with Crippen molar-refractivity contribution in [2.45, 2.75) is 27.2 Å². The van der Waals surface area contributed by atoms with Crippen LogP contribution in [0.25, 0.3) is 0 Å². The largest absolute Gasteiger partial charge is 0.466 e. The van der Waals surface area contributed by atoms with E-state index in [0.717, 1.165) is 6.42 Å². The summed E-state index contributed by atoms with van der Waals surface area (Å²) >= 11 is 0. The lowest BCUT2D eigenvalue weighted by atomic mass is 9.82. The van der Waals surface area contributed by atoms with Gasteiger partial charge in [-0.05, 0) is 18.8 Å². The van der Waals surface area contributed by atoms with Crippen LogP contribution in [0, 0.1) is 11.3 Å². The summed E-state index contributed by atoms with van der Waals surface area (Å²) in [7, 11) is 0. The van der Waals surface area contributed by atoms with Crippen LogP contribution in [0.3, 0.4) is 0 Å². The van der Waals surface area contributed by atoms with E-state index in [2.05, 4.69) is 26.0 Å². The van der Waals surface area contributed by atoms with Gasteiger partial charge in [0.25, 0.3) is 0 Å². The van der Waals surface area contributed by atoms with Gasteiger partial charge in [0.05, 0.1) is 12.5 Å². The first-order chi connectivity index (χ1) is 5.58. The molecule has 1 atom stereocenters. The smallest absolute Gasteiger partial charge is 0.310 e. The summed E-state index contributed by atoms with van der Waals surface area (Å²) < 4.78 is 4.98. The van der Waals surface area contributed by atoms with Crippen molar-refractivity contribution in [2.75, 3.05) is 6.61 Å². The fraction of sp³-hybridized carbons (Fsp3) is 0.700. The van der Waals surface area contributed by atoms with Crippen molar-refractivity contribution in [3.63, 3.8) is 0 Å². The highest BCUT2D eigenvalue weighted by molar-refractivity contribution is 5.74. The van der Waals surface area contributed by atoms with Gasteiger partial charge in [0.2, 0.25) is 0 Å². The molecule has 2 heteroatoms. The van der Waals surface area contributed by atoms with Gasteiger partial charge in [0, 0.05) is 0 Å². The minimum atomic E-state index is -0.0625. The van der Waals surface area contributed by atoms with Crippen LogP contribution in [-0.4, -0.2) is 12.6 Å². The van der Waals surface area contributed by atoms with Gasteiger partial charge < -0.3 is 4.74 Å². The Hall–Kier alpha value is -0.790. The summed E-state index contributed by atoms with van der Waals surface area (Å²) in [5, 5.41) is 0. The number of hydrogen-bond acceptors (Lipinski definition) is 2. The Morgan fingerprint density at radius 2 is 2.33 bits per heavy atom. The first-order valence-electron chi connectivity index (χ1n) is 4.42. The lowest BCUT2D eigenvalue weighted by Gasteiger charge is -2.23. The topological polar surface area (TPSA) is 26.3 Å². The molecule has 0 heterocycles. The third-order valence-electron chi connectivity index (χ3n) is 2.39. The predicted molar refractivity (Wildman–Crippen MR) is 47.7 cm³/mol. The number of carbonyl (C=O) groups excluding carboxylic acids is 1. The first-order valence-corrected chi connectivity index (χ1v) is 4.42. The van der Waals surface area contributed by atoms with Gasteiger partial charge in [-0.25, -0.2) is 0 Å². The molecule has 1 aliphatic carbocycles. The van der Waals surface area contributed by atoms with E-state index in [1.165, 1.54) is 0 Å². The second kappa shape index (κ2) is 3.30. The maximum atomic E-state index is 11.4. The summed E-state index contributed by atoms with van der Waals surface area (Å²) in [6, 6.07) is 0. The molecule has 0 aromatic heterocycles. The van der Waals surface area contributed by atoms with Crippen LogP contribution in [-0.2, 0) is 9.53 Å². The van der Waals surface area contributed by atoms with Crippen LogP contribution in [0.1, 0.15) is 27.2 Å². The molecule has 0 amide bonds. The van der Waals surface area contributed by atoms with E-state index in [1.807, 2.05) is 6.92 Å². The number of carbonyl (C=O) groups is 1. The second-order valence-electron chi connectivity index (χ2n) is 3.76. The molecule has 0 spiro atoms. The third-order valence-corrected chi connectivity index (χ3v) is 2.39. The highest BCUT2D eigenvalue weighted by Gasteiger charge is 2.36. The van der Waals surface area contributed by atoms with Crippen LogP contribution in [0.2, 0.25) is 0 Å². The van der Waals surface area contributed by atoms with Gasteiger partial charge in [0.15, 0.2) is 0 Å². The van der Waals surface area contributed by atoms with Crippen molar-refractivity contribution < 1.29 is 9.53 Å². The number of ether oxygens (including phenoxy) is 1. The fourth-order valence-electron chi connectivity index (χ4n) is 1.57. The highest BCUT2D eigenvalue weighted by atomic mass is 16.5. The normalized spacial score (nSPS) is 25.8. The third kappa shape index (κ3) is 1.68. The Labute approximate surface area is 73.6 Å². The minimum Gasteiger partial charge on any atom is -0.466 e. The van der Waals surface area contributed by atoms with E-state index in [9.17, 15) is 4.79 Å². The van der Waals surface area contributed by atoms with Crippen molar-refractivity contribution in [3.8, 4) is 0 Å². The van der Waals surface area contributed by atoms with Crippen molar-refractivity contribution >= 4 is 5.97 Å². The molecule has 2 nitrogen and oxygen atoms in total. The molecule has 1 rings (SSSR count). The maximum Gasteiger partial charge on any atom is 0.310 e. The summed E-state index contributed by atoms with van der Waals surface area (Å²) in [6.07, 6.45) is 4.97. The molecule has 0 saturated carbocycles. The van der Waals surface area contributed by atoms with E-state index in [4.69, 9.17) is 4.74 Å². The molecule has 0 aromatic rings. The standard InChI is InChI=1S/C10H16O2/c1-4-12-9(11)8-6-5-7-10(8,2)3/h5,7-8H,4,6H2,1-3H3. The molecule has 0 saturated heterocycles. The number of hydrogen-bond donors (Lipinski definition) is 0. The average molecular weight is 168 g/mol. The van der Waals surface area contributed by atoms with E-state index in [-0.39, 0.29) is 17.3 Å². The van der Waals surface area contributed by atoms with Gasteiger partial charge in [-0.3, -0.25) is 4.79 Å². The monoisotopic (exact) mass is 168 g/mol. The van der Waals surface area contributed by atoms with Crippen molar-refractivity contribution in [1.29, 1.82) is 0 Å². The quantitative estimate of drug-likeness (QED) is 0.466. The zero-order valence-corrected chi connectivity index (χ0v) is 7.96. The van der Waals surface area contributed by atoms with E-state index < -0.39 is 0 Å². The summed E-state index contributed by atoms with van der Waals surface area (Å²) in [4.78, 5) is 11.4. The predicted octanol–water partition coefficient (Wildman–Crippen LogP) is 2.15. The Morgan fingerprint density at radius 1 is 1.67 bits per heavy atom. The van der Waals surface area contributed by atoms with Gasteiger partial charge >= 0.3 is 5.97 Å². The molecule has 1 unspecified atom stereocenters. The second-order valence-corrected chi connectivity index (χ2v) is 3.76. The zero-order valence-electron chi connectivity index (χ0n) is 7.96. The number of rotatable bonds is 2. The molecular weight excluding hydrogens is 152 g/mol. The molecule has 12 heavy (non-hydrogen) atoms. The van der Waals surface area contributed by atoms with Gasteiger partial charge in [-0.1, -0.05) is 26.0 Å². The molecule has 68 valence electrons. The van der Waals surface area contributed by atoms with Crippen molar-refractivity contribution in [3.05, 3.63) is 12.2 Å². The van der Waals surface area contributed by atoms with Crippen LogP contribution >= 0.6 is 0 Å². The highest BCUT2D eigenvalue weighted by Crippen LogP contribution is 2.37. The van der Waals surface area contributed by atoms with Gasteiger partial charge in [-0.15, -0.1) is 0 Å². The lowest BCUT2D eigenvalue weighted by molar-refractivity contribution is -0.150. The maximum absolute atomic E-state index is 11.4. The molecular formula is C10H16O2. The fourth-order valence-corrected chi connectivity index (χ4v) is 1.57. The average Bonchev–Trinajstić information content (AvgIpc) is 2.30. The molecule has 0 aliphatic heterocycles. The molecule has 0 radical (unpaired) electrons. The lowest BCUT2D eigenvalue weighted by Crippen LogP contribution is -2.27. The summed E-state index contributed by atoms with van der Waals surface area (Å²) in [5.41, 5.74) is -0.0216. The molecule has 0 aromatic carbocycles.